The highest BCUT2D eigenvalue weighted by Crippen LogP contribution is 2.60. The Kier molecular flexibility index (Phi) is 3.92. The first-order valence-corrected chi connectivity index (χ1v) is 11.0. The molecule has 0 aliphatic heterocycles. The smallest absolute Gasteiger partial charge is 0.232 e. The molecule has 2 N–H and O–H groups in total. The Morgan fingerprint density at radius 3 is 2.12 bits per heavy atom. The van der Waals surface area contributed by atoms with Gasteiger partial charge in [0.25, 0.3) is 0 Å². The van der Waals surface area contributed by atoms with E-state index in [0.717, 1.165) is 54.8 Å². The van der Waals surface area contributed by atoms with E-state index in [4.69, 9.17) is 12.2 Å². The number of amides is 1. The second kappa shape index (κ2) is 5.94. The van der Waals surface area contributed by atoms with Gasteiger partial charge >= 0.3 is 0 Å². The molecule has 6 aliphatic rings. The third kappa shape index (κ3) is 2.83. The fourth-order valence-electron chi connectivity index (χ4n) is 7.88. The maximum Gasteiger partial charge on any atom is 0.232 e. The zero-order valence-electron chi connectivity index (χ0n) is 15.4. The Hall–Kier alpha value is -0.640. The topological polar surface area (TPSA) is 41.1 Å². The van der Waals surface area contributed by atoms with Crippen molar-refractivity contribution in [3.05, 3.63) is 0 Å². The zero-order valence-corrected chi connectivity index (χ0v) is 16.2. The van der Waals surface area contributed by atoms with Crippen LogP contribution in [0.4, 0.5) is 0 Å². The van der Waals surface area contributed by atoms with Crippen LogP contribution in [-0.2, 0) is 4.79 Å². The van der Waals surface area contributed by atoms with E-state index in [1.165, 1.54) is 44.9 Å². The molecule has 6 saturated carbocycles. The van der Waals surface area contributed by atoms with Crippen molar-refractivity contribution in [3.63, 3.8) is 0 Å². The summed E-state index contributed by atoms with van der Waals surface area (Å²) in [6.45, 7) is 2.26. The van der Waals surface area contributed by atoms with E-state index in [0.29, 0.717) is 11.2 Å². The zero-order chi connectivity index (χ0) is 17.2. The minimum Gasteiger partial charge on any atom is -0.360 e. The normalized spacial score (nSPS) is 47.7. The van der Waals surface area contributed by atoms with Gasteiger partial charge in [0.2, 0.25) is 5.91 Å². The van der Waals surface area contributed by atoms with Crippen LogP contribution in [0.2, 0.25) is 0 Å². The molecule has 4 heteroatoms. The van der Waals surface area contributed by atoms with Crippen molar-refractivity contribution in [2.45, 2.75) is 77.2 Å². The van der Waals surface area contributed by atoms with Crippen molar-refractivity contribution in [1.82, 2.24) is 10.6 Å². The summed E-state index contributed by atoms with van der Waals surface area (Å²) in [5.74, 6) is 5.20. The van der Waals surface area contributed by atoms with Crippen molar-refractivity contribution in [2.75, 3.05) is 0 Å². The standard InChI is InChI=1S/C21H32N2OS/c1-12(18-8-13-2-3-17(18)7-13)22-20(25)23-19(24)21-9-14-4-15(10-21)6-16(5-14)11-21/h12-18H,2-11H2,1H3,(H2,22,23,24,25)/t12-,13-,14?,15?,16?,17-,18-,21?/m0/s1. The van der Waals surface area contributed by atoms with E-state index in [1.54, 1.807) is 0 Å². The molecule has 0 spiro atoms. The van der Waals surface area contributed by atoms with Crippen LogP contribution in [0.3, 0.4) is 0 Å². The second-order valence-corrected chi connectivity index (χ2v) is 10.7. The number of carbonyl (C=O) groups excluding carboxylic acids is 1. The molecule has 6 fully saturated rings. The van der Waals surface area contributed by atoms with Crippen molar-refractivity contribution < 1.29 is 4.79 Å². The van der Waals surface area contributed by atoms with Gasteiger partial charge in [-0.2, -0.15) is 0 Å². The van der Waals surface area contributed by atoms with Gasteiger partial charge in [-0.15, -0.1) is 0 Å². The molecule has 1 amide bonds. The Balaban J connectivity index is 1.19. The summed E-state index contributed by atoms with van der Waals surface area (Å²) in [7, 11) is 0. The van der Waals surface area contributed by atoms with E-state index in [1.807, 2.05) is 0 Å². The van der Waals surface area contributed by atoms with E-state index in [9.17, 15) is 4.79 Å². The fraction of sp³-hybridized carbons (Fsp3) is 0.905. The van der Waals surface area contributed by atoms with Gasteiger partial charge in [0, 0.05) is 6.04 Å². The van der Waals surface area contributed by atoms with Crippen LogP contribution < -0.4 is 10.6 Å². The monoisotopic (exact) mass is 360 g/mol. The molecule has 0 radical (unpaired) electrons. The minimum absolute atomic E-state index is 0.101. The molecule has 0 heterocycles. The lowest BCUT2D eigenvalue weighted by molar-refractivity contribution is -0.144. The predicted molar refractivity (Wildman–Crippen MR) is 103 cm³/mol. The van der Waals surface area contributed by atoms with Crippen molar-refractivity contribution in [1.29, 1.82) is 0 Å². The van der Waals surface area contributed by atoms with Crippen LogP contribution in [0.25, 0.3) is 0 Å². The Morgan fingerprint density at radius 2 is 1.60 bits per heavy atom. The van der Waals surface area contributed by atoms with Crippen molar-refractivity contribution in [2.24, 2.45) is 40.9 Å². The Bertz CT molecular complexity index is 553. The number of thiocarbonyl (C=S) groups is 1. The number of carbonyl (C=O) groups is 1. The molecule has 0 unspecified atom stereocenters. The van der Waals surface area contributed by atoms with Crippen LogP contribution in [0.1, 0.15) is 71.1 Å². The first-order chi connectivity index (χ1) is 12.0. The number of hydrogen-bond acceptors (Lipinski definition) is 2. The predicted octanol–water partition coefficient (Wildman–Crippen LogP) is 4.02. The lowest BCUT2D eigenvalue weighted by atomic mass is 9.49. The number of hydrogen-bond donors (Lipinski definition) is 2. The molecule has 6 bridgehead atoms. The van der Waals surface area contributed by atoms with Crippen LogP contribution in [0.15, 0.2) is 0 Å². The molecule has 0 saturated heterocycles. The van der Waals surface area contributed by atoms with Gasteiger partial charge in [-0.1, -0.05) is 6.42 Å². The third-order valence-corrected chi connectivity index (χ3v) is 8.76. The van der Waals surface area contributed by atoms with Crippen LogP contribution in [-0.4, -0.2) is 17.1 Å². The van der Waals surface area contributed by atoms with Crippen LogP contribution in [0, 0.1) is 40.9 Å². The molecular formula is C21H32N2OS. The lowest BCUT2D eigenvalue weighted by Crippen LogP contribution is -2.56. The van der Waals surface area contributed by atoms with Crippen molar-refractivity contribution >= 4 is 23.2 Å². The maximum atomic E-state index is 13.1. The number of nitrogens with one attached hydrogen (secondary N) is 2. The summed E-state index contributed by atoms with van der Waals surface area (Å²) in [5.41, 5.74) is -0.101. The number of fused-ring (bicyclic) bond motifs is 2. The van der Waals surface area contributed by atoms with E-state index >= 15 is 0 Å². The molecule has 4 atom stereocenters. The summed E-state index contributed by atoms with van der Waals surface area (Å²) in [5, 5.41) is 7.17. The summed E-state index contributed by atoms with van der Waals surface area (Å²) in [6, 6.07) is 0.388. The summed E-state index contributed by atoms with van der Waals surface area (Å²) in [4.78, 5) is 13.1. The third-order valence-electron chi connectivity index (χ3n) is 8.54. The van der Waals surface area contributed by atoms with Gasteiger partial charge in [-0.25, -0.2) is 0 Å². The molecule has 6 rings (SSSR count). The van der Waals surface area contributed by atoms with E-state index in [2.05, 4.69) is 17.6 Å². The first kappa shape index (κ1) is 16.5. The van der Waals surface area contributed by atoms with Crippen LogP contribution in [0.5, 0.6) is 0 Å². The Morgan fingerprint density at radius 1 is 0.960 bits per heavy atom. The highest BCUT2D eigenvalue weighted by Gasteiger charge is 2.54. The fourth-order valence-corrected chi connectivity index (χ4v) is 8.16. The highest BCUT2D eigenvalue weighted by atomic mass is 32.1. The molecule has 0 aromatic heterocycles. The lowest BCUT2D eigenvalue weighted by Gasteiger charge is -2.55. The van der Waals surface area contributed by atoms with E-state index in [-0.39, 0.29) is 11.3 Å². The second-order valence-electron chi connectivity index (χ2n) is 10.3. The van der Waals surface area contributed by atoms with Gasteiger partial charge in [-0.3, -0.25) is 4.79 Å². The van der Waals surface area contributed by atoms with Crippen LogP contribution >= 0.6 is 12.2 Å². The van der Waals surface area contributed by atoms with Crippen molar-refractivity contribution in [3.8, 4) is 0 Å². The highest BCUT2D eigenvalue weighted by molar-refractivity contribution is 7.80. The summed E-state index contributed by atoms with van der Waals surface area (Å²) in [6.07, 6.45) is 13.0. The molecule has 0 aromatic rings. The Labute approximate surface area is 157 Å². The maximum absolute atomic E-state index is 13.1. The molecular weight excluding hydrogens is 328 g/mol. The first-order valence-electron chi connectivity index (χ1n) is 10.6. The van der Waals surface area contributed by atoms with Gasteiger partial charge in [0.1, 0.15) is 0 Å². The van der Waals surface area contributed by atoms with Gasteiger partial charge < -0.3 is 10.6 Å². The molecule has 6 aliphatic carbocycles. The largest absolute Gasteiger partial charge is 0.360 e. The quantitative estimate of drug-likeness (QED) is 0.747. The molecule has 3 nitrogen and oxygen atoms in total. The van der Waals surface area contributed by atoms with Gasteiger partial charge in [0.15, 0.2) is 5.11 Å². The SMILES string of the molecule is C[C@H](NC(=S)NC(=O)C12CC3CC(CC(C3)C1)C2)[C@@H]1C[C@H]2CC[C@H]1C2. The minimum atomic E-state index is -0.101. The summed E-state index contributed by atoms with van der Waals surface area (Å²) >= 11 is 5.54. The average Bonchev–Trinajstić information content (AvgIpc) is 3.16. The molecule has 0 aromatic carbocycles. The molecule has 138 valence electrons. The number of rotatable bonds is 3. The van der Waals surface area contributed by atoms with E-state index < -0.39 is 0 Å². The molecule has 25 heavy (non-hydrogen) atoms. The van der Waals surface area contributed by atoms with Gasteiger partial charge in [-0.05, 0) is 112 Å². The average molecular weight is 361 g/mol. The van der Waals surface area contributed by atoms with Gasteiger partial charge in [0.05, 0.1) is 5.41 Å². The summed E-state index contributed by atoms with van der Waals surface area (Å²) < 4.78 is 0.